The Hall–Kier alpha value is -0.120. The van der Waals surface area contributed by atoms with Crippen molar-refractivity contribution in [3.8, 4) is 0 Å². The summed E-state index contributed by atoms with van der Waals surface area (Å²) in [6.45, 7) is 7.35. The predicted molar refractivity (Wildman–Crippen MR) is 64.0 cm³/mol. The Balaban J connectivity index is 2.33. The summed E-state index contributed by atoms with van der Waals surface area (Å²) in [6, 6.07) is 0. The van der Waals surface area contributed by atoms with Crippen LogP contribution in [0.3, 0.4) is 0 Å². The molecule has 0 radical (unpaired) electrons. The van der Waals surface area contributed by atoms with Crippen molar-refractivity contribution in [2.75, 3.05) is 6.61 Å². The maximum atomic E-state index is 8.75. The topological polar surface area (TPSA) is 49.7 Å². The third-order valence-corrected chi connectivity index (χ3v) is 4.09. The Morgan fingerprint density at radius 3 is 2.62 bits per heavy atom. The number of hydrogen-bond acceptors (Lipinski definition) is 3. The molecule has 96 valence electrons. The molecule has 0 spiro atoms. The zero-order valence-electron chi connectivity index (χ0n) is 10.8. The van der Waals surface area contributed by atoms with E-state index in [0.717, 1.165) is 12.8 Å². The van der Waals surface area contributed by atoms with Gasteiger partial charge in [0.2, 0.25) is 0 Å². The molecule has 1 aliphatic rings. The minimum absolute atomic E-state index is 0.305. The first-order chi connectivity index (χ1) is 7.44. The van der Waals surface area contributed by atoms with Crippen molar-refractivity contribution in [3.05, 3.63) is 0 Å². The molecule has 0 aromatic heterocycles. The molecule has 2 unspecified atom stereocenters. The molecule has 0 aromatic carbocycles. The summed E-state index contributed by atoms with van der Waals surface area (Å²) in [5.74, 6) is 0.683. The molecule has 0 aliphatic heterocycles. The van der Waals surface area contributed by atoms with Gasteiger partial charge in [-0.1, -0.05) is 27.2 Å². The summed E-state index contributed by atoms with van der Waals surface area (Å²) in [5, 5.41) is 17.5. The largest absolute Gasteiger partial charge is 0.378 e. The van der Waals surface area contributed by atoms with E-state index in [1.165, 1.54) is 12.8 Å². The van der Waals surface area contributed by atoms with Gasteiger partial charge < -0.3 is 14.9 Å². The lowest BCUT2D eigenvalue weighted by molar-refractivity contribution is -0.0821. The standard InChI is InChI=1S/C13H26O3/c1-10(2)13(3)7-4-5-11(9-13)16-8-6-12(14)15/h10-12,14-15H,4-9H2,1-3H3. The molecular formula is C13H26O3. The van der Waals surface area contributed by atoms with Gasteiger partial charge >= 0.3 is 0 Å². The van der Waals surface area contributed by atoms with E-state index in [0.29, 0.717) is 30.5 Å². The fourth-order valence-electron chi connectivity index (χ4n) is 2.46. The van der Waals surface area contributed by atoms with Gasteiger partial charge in [0.25, 0.3) is 0 Å². The van der Waals surface area contributed by atoms with E-state index in [4.69, 9.17) is 14.9 Å². The molecule has 0 saturated heterocycles. The summed E-state index contributed by atoms with van der Waals surface area (Å²) < 4.78 is 5.72. The highest BCUT2D eigenvalue weighted by Gasteiger charge is 2.34. The third kappa shape index (κ3) is 4.04. The molecule has 0 bridgehead atoms. The number of aliphatic hydroxyl groups excluding tert-OH is 1. The van der Waals surface area contributed by atoms with Crippen molar-refractivity contribution in [3.63, 3.8) is 0 Å². The van der Waals surface area contributed by atoms with Crippen LogP contribution in [-0.4, -0.2) is 29.2 Å². The van der Waals surface area contributed by atoms with Crippen LogP contribution in [0.25, 0.3) is 0 Å². The summed E-state index contributed by atoms with van der Waals surface area (Å²) in [5.41, 5.74) is 0.390. The van der Waals surface area contributed by atoms with Crippen LogP contribution in [0.5, 0.6) is 0 Å². The van der Waals surface area contributed by atoms with E-state index in [-0.39, 0.29) is 0 Å². The van der Waals surface area contributed by atoms with Gasteiger partial charge in [-0.3, -0.25) is 0 Å². The van der Waals surface area contributed by atoms with Crippen molar-refractivity contribution in [2.45, 2.75) is 65.3 Å². The Kier molecular flexibility index (Phi) is 5.22. The summed E-state index contributed by atoms with van der Waals surface area (Å²) >= 11 is 0. The highest BCUT2D eigenvalue weighted by atomic mass is 16.5. The van der Waals surface area contributed by atoms with Crippen molar-refractivity contribution < 1.29 is 14.9 Å². The second-order valence-corrected chi connectivity index (χ2v) is 5.67. The van der Waals surface area contributed by atoms with Gasteiger partial charge in [0.15, 0.2) is 6.29 Å². The average molecular weight is 230 g/mol. The molecule has 2 atom stereocenters. The van der Waals surface area contributed by atoms with E-state index in [9.17, 15) is 0 Å². The summed E-state index contributed by atoms with van der Waals surface area (Å²) in [7, 11) is 0. The van der Waals surface area contributed by atoms with Crippen LogP contribution in [0, 0.1) is 11.3 Å². The molecule has 0 aromatic rings. The molecule has 3 heteroatoms. The van der Waals surface area contributed by atoms with Crippen molar-refractivity contribution in [2.24, 2.45) is 11.3 Å². The Morgan fingerprint density at radius 1 is 1.38 bits per heavy atom. The molecule has 1 fully saturated rings. The van der Waals surface area contributed by atoms with Crippen molar-refractivity contribution in [1.82, 2.24) is 0 Å². The van der Waals surface area contributed by atoms with Gasteiger partial charge in [-0.15, -0.1) is 0 Å². The highest BCUT2D eigenvalue weighted by Crippen LogP contribution is 2.42. The van der Waals surface area contributed by atoms with Gasteiger partial charge in [0.1, 0.15) is 0 Å². The van der Waals surface area contributed by atoms with E-state index in [2.05, 4.69) is 20.8 Å². The normalized spacial score (nSPS) is 31.3. The molecule has 16 heavy (non-hydrogen) atoms. The molecule has 0 heterocycles. The first-order valence-electron chi connectivity index (χ1n) is 6.42. The maximum Gasteiger partial charge on any atom is 0.153 e. The molecule has 3 nitrogen and oxygen atoms in total. The van der Waals surface area contributed by atoms with Crippen LogP contribution in [0.4, 0.5) is 0 Å². The lowest BCUT2D eigenvalue weighted by Crippen LogP contribution is -2.34. The number of rotatable bonds is 5. The number of hydrogen-bond donors (Lipinski definition) is 2. The van der Waals surface area contributed by atoms with E-state index >= 15 is 0 Å². The van der Waals surface area contributed by atoms with Crippen molar-refractivity contribution >= 4 is 0 Å². The van der Waals surface area contributed by atoms with Gasteiger partial charge in [-0.25, -0.2) is 0 Å². The summed E-state index contributed by atoms with van der Waals surface area (Å²) in [6.07, 6.45) is 4.11. The fraction of sp³-hybridized carbons (Fsp3) is 1.00. The second kappa shape index (κ2) is 5.99. The lowest BCUT2D eigenvalue weighted by atomic mass is 9.67. The van der Waals surface area contributed by atoms with Gasteiger partial charge in [0.05, 0.1) is 12.7 Å². The van der Waals surface area contributed by atoms with Crippen LogP contribution in [0.2, 0.25) is 0 Å². The zero-order valence-corrected chi connectivity index (χ0v) is 10.8. The Bertz CT molecular complexity index is 203. The predicted octanol–water partition coefficient (Wildman–Crippen LogP) is 2.31. The van der Waals surface area contributed by atoms with Gasteiger partial charge in [-0.2, -0.15) is 0 Å². The van der Waals surface area contributed by atoms with E-state index in [1.54, 1.807) is 0 Å². The minimum Gasteiger partial charge on any atom is -0.378 e. The molecule has 1 aliphatic carbocycles. The fourth-order valence-corrected chi connectivity index (χ4v) is 2.46. The maximum absolute atomic E-state index is 8.75. The smallest absolute Gasteiger partial charge is 0.153 e. The lowest BCUT2D eigenvalue weighted by Gasteiger charge is -2.41. The quantitative estimate of drug-likeness (QED) is 0.713. The Labute approximate surface area is 98.8 Å². The SMILES string of the molecule is CC(C)C1(C)CCCC(OCCC(O)O)C1. The van der Waals surface area contributed by atoms with Crippen LogP contribution in [0.1, 0.15) is 52.9 Å². The van der Waals surface area contributed by atoms with Crippen LogP contribution in [0.15, 0.2) is 0 Å². The minimum atomic E-state index is -1.24. The Morgan fingerprint density at radius 2 is 2.06 bits per heavy atom. The molecule has 1 rings (SSSR count). The first kappa shape index (κ1) is 13.9. The van der Waals surface area contributed by atoms with Crippen LogP contribution < -0.4 is 0 Å². The molecular weight excluding hydrogens is 204 g/mol. The van der Waals surface area contributed by atoms with Gasteiger partial charge in [0, 0.05) is 6.42 Å². The highest BCUT2D eigenvalue weighted by molar-refractivity contribution is 4.85. The second-order valence-electron chi connectivity index (χ2n) is 5.67. The monoisotopic (exact) mass is 230 g/mol. The zero-order chi connectivity index (χ0) is 12.2. The van der Waals surface area contributed by atoms with E-state index in [1.807, 2.05) is 0 Å². The van der Waals surface area contributed by atoms with Gasteiger partial charge in [-0.05, 0) is 30.6 Å². The van der Waals surface area contributed by atoms with Crippen LogP contribution >= 0.6 is 0 Å². The average Bonchev–Trinajstić information content (AvgIpc) is 2.17. The van der Waals surface area contributed by atoms with Crippen LogP contribution in [-0.2, 0) is 4.74 Å². The number of ether oxygens (including phenoxy) is 1. The van der Waals surface area contributed by atoms with E-state index < -0.39 is 6.29 Å². The molecule has 0 amide bonds. The molecule has 1 saturated carbocycles. The first-order valence-corrected chi connectivity index (χ1v) is 6.42. The number of aliphatic hydroxyl groups is 2. The molecule has 2 N–H and O–H groups in total. The van der Waals surface area contributed by atoms with Crippen molar-refractivity contribution in [1.29, 1.82) is 0 Å². The third-order valence-electron chi connectivity index (χ3n) is 4.09. The summed E-state index contributed by atoms with van der Waals surface area (Å²) in [4.78, 5) is 0.